The van der Waals surface area contributed by atoms with Crippen molar-refractivity contribution in [2.45, 2.75) is 148 Å². The third-order valence-corrected chi connectivity index (χ3v) is 10.7. The summed E-state index contributed by atoms with van der Waals surface area (Å²) in [4.78, 5) is 84.8. The highest BCUT2D eigenvalue weighted by Gasteiger charge is 2.36. The van der Waals surface area contributed by atoms with Gasteiger partial charge in [0.15, 0.2) is 0 Å². The highest BCUT2D eigenvalue weighted by molar-refractivity contribution is 5.96. The maximum absolute atomic E-state index is 14.0. The second-order valence-electron chi connectivity index (χ2n) is 15.8. The fourth-order valence-corrected chi connectivity index (χ4v) is 7.21. The summed E-state index contributed by atoms with van der Waals surface area (Å²) in [5, 5.41) is 20.9. The molecule has 1 aromatic heterocycles. The van der Waals surface area contributed by atoms with Gasteiger partial charge in [0.1, 0.15) is 30.2 Å². The quantitative estimate of drug-likeness (QED) is 0.0819. The van der Waals surface area contributed by atoms with Gasteiger partial charge >= 0.3 is 0 Å². The van der Waals surface area contributed by atoms with Gasteiger partial charge in [-0.15, -0.1) is 0 Å². The van der Waals surface area contributed by atoms with E-state index in [1.54, 1.807) is 19.4 Å². The van der Waals surface area contributed by atoms with Gasteiger partial charge in [0.2, 0.25) is 35.4 Å². The zero-order chi connectivity index (χ0) is 41.9. The fourth-order valence-electron chi connectivity index (χ4n) is 7.21. The minimum absolute atomic E-state index is 0.00328. The number of rotatable bonds is 25. The van der Waals surface area contributed by atoms with Gasteiger partial charge in [0.05, 0.1) is 12.9 Å². The molecule has 15 heteroatoms. The van der Waals surface area contributed by atoms with Gasteiger partial charge in [0.25, 0.3) is 0 Å². The Morgan fingerprint density at radius 2 is 1.49 bits per heavy atom. The number of unbranched alkanes of at least 4 members (excludes halogenated alkanes) is 5. The molecule has 0 saturated carbocycles. The molecule has 6 unspecified atom stereocenters. The standard InChI is InChI=1S/C42H66N8O7/c1-6-29(4)37(38(43)53)48-41(56)35(26-51)47-40(55)34(45-39(54)33(23-28(2)3)46-42(57)36-20-16-22-50(36)30(5)52)24-32-25-44-27-49(32)21-15-10-8-7-9-12-17-31-18-13-11-14-19-31/h11,13-14,18-19,25,27-29,33-37,51H,6-10,12,15-17,20-24,26H2,1-5H3,(H2,43,53)(H,45,54)(H,46,57)(H,47,55)(H,48,56). The molecule has 1 fully saturated rings. The molecule has 2 aromatic rings. The van der Waals surface area contributed by atoms with Crippen LogP contribution in [0.4, 0.5) is 0 Å². The summed E-state index contributed by atoms with van der Waals surface area (Å²) in [5.74, 6) is -3.90. The van der Waals surface area contributed by atoms with E-state index in [4.69, 9.17) is 5.73 Å². The number of primary amides is 1. The number of likely N-dealkylation sites (tertiary alicyclic amines) is 1. The number of aliphatic hydroxyl groups is 1. The molecule has 0 spiro atoms. The maximum Gasteiger partial charge on any atom is 0.245 e. The first kappa shape index (κ1) is 46.6. The lowest BCUT2D eigenvalue weighted by Crippen LogP contribution is -2.60. The normalized spacial score (nSPS) is 16.6. The Kier molecular flexibility index (Phi) is 19.7. The predicted molar refractivity (Wildman–Crippen MR) is 217 cm³/mol. The molecule has 15 nitrogen and oxygen atoms in total. The number of benzene rings is 1. The van der Waals surface area contributed by atoms with Crippen LogP contribution in [0, 0.1) is 11.8 Å². The van der Waals surface area contributed by atoms with E-state index in [0.29, 0.717) is 38.0 Å². The average Bonchev–Trinajstić information content (AvgIpc) is 3.86. The van der Waals surface area contributed by atoms with E-state index in [1.165, 1.54) is 17.4 Å². The Labute approximate surface area is 337 Å². The van der Waals surface area contributed by atoms with Crippen molar-refractivity contribution in [3.05, 3.63) is 54.1 Å². The van der Waals surface area contributed by atoms with Crippen LogP contribution >= 0.6 is 0 Å². The van der Waals surface area contributed by atoms with Crippen molar-refractivity contribution >= 4 is 35.4 Å². The number of aliphatic hydroxyl groups excluding tert-OH is 1. The van der Waals surface area contributed by atoms with E-state index in [-0.39, 0.29) is 30.6 Å². The van der Waals surface area contributed by atoms with Crippen LogP contribution in [0.15, 0.2) is 42.9 Å². The molecular formula is C42H66N8O7. The maximum atomic E-state index is 14.0. The number of hydrogen-bond donors (Lipinski definition) is 6. The number of carbonyl (C=O) groups is 6. The lowest BCUT2D eigenvalue weighted by atomic mass is 9.98. The van der Waals surface area contributed by atoms with E-state index in [9.17, 15) is 33.9 Å². The van der Waals surface area contributed by atoms with Crippen LogP contribution in [0.1, 0.15) is 110 Å². The zero-order valence-corrected chi connectivity index (χ0v) is 34.5. The Morgan fingerprint density at radius 3 is 2.12 bits per heavy atom. The first-order valence-corrected chi connectivity index (χ1v) is 20.7. The molecule has 6 atom stereocenters. The summed E-state index contributed by atoms with van der Waals surface area (Å²) in [6, 6.07) is 5.03. The average molecular weight is 795 g/mol. The van der Waals surface area contributed by atoms with E-state index < -0.39 is 66.4 Å². The third kappa shape index (κ3) is 15.2. The number of imidazole rings is 1. The Balaban J connectivity index is 1.73. The summed E-state index contributed by atoms with van der Waals surface area (Å²) >= 11 is 0. The van der Waals surface area contributed by atoms with E-state index >= 15 is 0 Å². The highest BCUT2D eigenvalue weighted by Crippen LogP contribution is 2.19. The van der Waals surface area contributed by atoms with Crippen LogP contribution in [0.5, 0.6) is 0 Å². The highest BCUT2D eigenvalue weighted by atomic mass is 16.3. The van der Waals surface area contributed by atoms with Crippen molar-refractivity contribution in [2.24, 2.45) is 17.6 Å². The van der Waals surface area contributed by atoms with E-state index in [0.717, 1.165) is 44.9 Å². The van der Waals surface area contributed by atoms with Crippen LogP contribution in [-0.2, 0) is 48.2 Å². The molecule has 6 amide bonds. The second kappa shape index (κ2) is 24.1. The SMILES string of the molecule is CCC(C)C(NC(=O)C(CO)NC(=O)C(Cc1cncn1CCCCCCCCc1ccccc1)NC(=O)C(CC(C)C)NC(=O)C1CCCN1C(C)=O)C(N)=O. The molecule has 1 saturated heterocycles. The molecule has 3 rings (SSSR count). The van der Waals surface area contributed by atoms with Crippen molar-refractivity contribution < 1.29 is 33.9 Å². The first-order valence-electron chi connectivity index (χ1n) is 20.7. The third-order valence-electron chi connectivity index (χ3n) is 10.7. The molecule has 2 heterocycles. The zero-order valence-electron chi connectivity index (χ0n) is 34.5. The van der Waals surface area contributed by atoms with Gasteiger partial charge in [-0.05, 0) is 55.9 Å². The Hall–Kier alpha value is -4.79. The molecule has 7 N–H and O–H groups in total. The van der Waals surface area contributed by atoms with Crippen LogP contribution < -0.4 is 27.0 Å². The monoisotopic (exact) mass is 795 g/mol. The summed E-state index contributed by atoms with van der Waals surface area (Å²) in [6.45, 7) is 9.12. The molecular weight excluding hydrogens is 729 g/mol. The van der Waals surface area contributed by atoms with Gasteiger partial charge in [-0.1, -0.05) is 90.1 Å². The number of carbonyl (C=O) groups excluding carboxylic acids is 6. The second-order valence-corrected chi connectivity index (χ2v) is 15.8. The summed E-state index contributed by atoms with van der Waals surface area (Å²) in [5.41, 5.74) is 7.56. The minimum atomic E-state index is -1.45. The minimum Gasteiger partial charge on any atom is -0.394 e. The Morgan fingerprint density at radius 1 is 0.860 bits per heavy atom. The van der Waals surface area contributed by atoms with Gasteiger partial charge in [0, 0.05) is 38.3 Å². The van der Waals surface area contributed by atoms with Crippen LogP contribution in [0.2, 0.25) is 0 Å². The van der Waals surface area contributed by atoms with Crippen molar-refractivity contribution in [1.29, 1.82) is 0 Å². The molecule has 0 bridgehead atoms. The van der Waals surface area contributed by atoms with Gasteiger partial charge in [-0.2, -0.15) is 0 Å². The summed E-state index contributed by atoms with van der Waals surface area (Å²) in [6.07, 6.45) is 12.7. The Bertz CT molecular complexity index is 1600. The van der Waals surface area contributed by atoms with Gasteiger partial charge in [-0.25, -0.2) is 4.98 Å². The van der Waals surface area contributed by atoms with Crippen LogP contribution in [-0.4, -0.2) is 98.4 Å². The number of amides is 6. The van der Waals surface area contributed by atoms with Crippen LogP contribution in [0.25, 0.3) is 0 Å². The molecule has 1 aromatic carbocycles. The number of nitrogens with zero attached hydrogens (tertiary/aromatic N) is 3. The molecule has 57 heavy (non-hydrogen) atoms. The van der Waals surface area contributed by atoms with Gasteiger partial charge in [-0.3, -0.25) is 28.8 Å². The number of aromatic nitrogens is 2. The lowest BCUT2D eigenvalue weighted by Gasteiger charge is -2.28. The van der Waals surface area contributed by atoms with E-state index in [2.05, 4.69) is 50.5 Å². The summed E-state index contributed by atoms with van der Waals surface area (Å²) in [7, 11) is 0. The predicted octanol–water partition coefficient (Wildman–Crippen LogP) is 2.53. The molecule has 1 aliphatic rings. The topological polar surface area (TPSA) is 218 Å². The largest absolute Gasteiger partial charge is 0.394 e. The smallest absolute Gasteiger partial charge is 0.245 e. The number of nitrogens with two attached hydrogens (primary N) is 1. The molecule has 1 aliphatic heterocycles. The molecule has 0 aliphatic carbocycles. The number of hydrogen-bond acceptors (Lipinski definition) is 8. The fraction of sp³-hybridized carbons (Fsp3) is 0.643. The molecule has 316 valence electrons. The van der Waals surface area contributed by atoms with Crippen LogP contribution in [0.3, 0.4) is 0 Å². The number of nitrogens with one attached hydrogen (secondary N) is 4. The lowest BCUT2D eigenvalue weighted by molar-refractivity contribution is -0.138. The van der Waals surface area contributed by atoms with Crippen molar-refractivity contribution in [1.82, 2.24) is 35.7 Å². The first-order chi connectivity index (χ1) is 27.2. The summed E-state index contributed by atoms with van der Waals surface area (Å²) < 4.78 is 1.94. The van der Waals surface area contributed by atoms with Crippen molar-refractivity contribution in [2.75, 3.05) is 13.2 Å². The van der Waals surface area contributed by atoms with E-state index in [1.807, 2.05) is 31.4 Å². The van der Waals surface area contributed by atoms with Crippen molar-refractivity contribution in [3.63, 3.8) is 0 Å². The molecule has 0 radical (unpaired) electrons. The van der Waals surface area contributed by atoms with Crippen molar-refractivity contribution in [3.8, 4) is 0 Å². The number of aryl methyl sites for hydroxylation is 2. The van der Waals surface area contributed by atoms with Gasteiger partial charge < -0.3 is 41.6 Å².